The quantitative estimate of drug-likeness (QED) is 0.409. The summed E-state index contributed by atoms with van der Waals surface area (Å²) in [6.07, 6.45) is 2.16. The second kappa shape index (κ2) is 7.60. The second-order valence-electron chi connectivity index (χ2n) is 9.10. The Morgan fingerprint density at radius 2 is 1.94 bits per heavy atom. The van der Waals surface area contributed by atoms with Gasteiger partial charge < -0.3 is 9.67 Å². The molecule has 1 aromatic carbocycles. The minimum absolute atomic E-state index is 0.0182. The van der Waals surface area contributed by atoms with Crippen LogP contribution in [0.25, 0.3) is 27.8 Å². The van der Waals surface area contributed by atoms with Crippen LogP contribution in [0.3, 0.4) is 0 Å². The molecule has 5 rings (SSSR count). The molecule has 4 aromatic rings. The van der Waals surface area contributed by atoms with E-state index in [0.29, 0.717) is 35.2 Å². The number of alkyl halides is 1. The third-order valence-corrected chi connectivity index (χ3v) is 6.70. The molecule has 2 N–H and O–H groups in total. The van der Waals surface area contributed by atoms with Crippen molar-refractivity contribution < 1.29 is 23.1 Å². The number of H-pyrrole nitrogens is 1. The Labute approximate surface area is 187 Å². The van der Waals surface area contributed by atoms with Crippen LogP contribution in [0, 0.1) is 11.6 Å². The molecule has 1 fully saturated rings. The van der Waals surface area contributed by atoms with E-state index in [1.54, 1.807) is 6.20 Å². The van der Waals surface area contributed by atoms with E-state index in [4.69, 9.17) is 4.98 Å². The van der Waals surface area contributed by atoms with Crippen LogP contribution in [-0.2, 0) is 4.79 Å². The molecular formula is C24H23F3N4O2. The first-order chi connectivity index (χ1) is 15.7. The van der Waals surface area contributed by atoms with Gasteiger partial charge in [0, 0.05) is 28.4 Å². The van der Waals surface area contributed by atoms with Crippen molar-refractivity contribution in [3.63, 3.8) is 0 Å². The summed E-state index contributed by atoms with van der Waals surface area (Å²) in [6, 6.07) is 5.67. The third kappa shape index (κ3) is 3.37. The Morgan fingerprint density at radius 1 is 1.21 bits per heavy atom. The molecule has 0 aliphatic heterocycles. The Bertz CT molecular complexity index is 1380. The van der Waals surface area contributed by atoms with Gasteiger partial charge in [-0.15, -0.1) is 0 Å². The van der Waals surface area contributed by atoms with Crippen LogP contribution in [0.15, 0.2) is 30.5 Å². The molecule has 0 bridgehead atoms. The monoisotopic (exact) mass is 456 g/mol. The van der Waals surface area contributed by atoms with Gasteiger partial charge in [-0.1, -0.05) is 13.8 Å². The van der Waals surface area contributed by atoms with Crippen molar-refractivity contribution in [2.75, 3.05) is 0 Å². The fourth-order valence-electron chi connectivity index (χ4n) is 5.06. The van der Waals surface area contributed by atoms with Crippen LogP contribution in [0.5, 0.6) is 0 Å². The number of fused-ring (bicyclic) bond motifs is 2. The smallest absolute Gasteiger partial charge is 0.341 e. The van der Waals surface area contributed by atoms with Gasteiger partial charge in [-0.2, -0.15) is 5.10 Å². The highest BCUT2D eigenvalue weighted by Crippen LogP contribution is 2.46. The van der Waals surface area contributed by atoms with Gasteiger partial charge in [-0.3, -0.25) is 5.10 Å². The van der Waals surface area contributed by atoms with Crippen molar-refractivity contribution in [1.29, 1.82) is 0 Å². The van der Waals surface area contributed by atoms with E-state index in [9.17, 15) is 23.1 Å². The van der Waals surface area contributed by atoms with E-state index >= 15 is 0 Å². The standard InChI is InChI=1S/C24H23F3N4O2/c1-12(2)21-19(13-5-7-24(27,8-6-13)23(32)33)20-18(9-14-11-28-30-22(14)29-20)31(21)15-3-4-16(25)17(26)10-15/h3-4,9-13H,5-8H2,1-2H3,(H,32,33)(H,28,29,30). The van der Waals surface area contributed by atoms with E-state index in [0.717, 1.165) is 28.8 Å². The van der Waals surface area contributed by atoms with Crippen molar-refractivity contribution in [3.8, 4) is 5.69 Å². The summed E-state index contributed by atoms with van der Waals surface area (Å²) in [4.78, 5) is 16.2. The predicted octanol–water partition coefficient (Wildman–Crippen LogP) is 5.75. The fourth-order valence-corrected chi connectivity index (χ4v) is 5.06. The predicted molar refractivity (Wildman–Crippen MR) is 117 cm³/mol. The molecule has 1 aliphatic carbocycles. The van der Waals surface area contributed by atoms with Crippen LogP contribution >= 0.6 is 0 Å². The lowest BCUT2D eigenvalue weighted by molar-refractivity contribution is -0.153. The van der Waals surface area contributed by atoms with Gasteiger partial charge in [-0.05, 0) is 55.7 Å². The summed E-state index contributed by atoms with van der Waals surface area (Å²) in [5.41, 5.74) is 1.97. The van der Waals surface area contributed by atoms with E-state index in [2.05, 4.69) is 10.2 Å². The van der Waals surface area contributed by atoms with Crippen LogP contribution in [0.4, 0.5) is 13.2 Å². The maximum atomic E-state index is 14.8. The topological polar surface area (TPSA) is 83.8 Å². The number of carbonyl (C=O) groups is 1. The average molecular weight is 456 g/mol. The number of carboxylic acid groups (broad SMARTS) is 1. The van der Waals surface area contributed by atoms with E-state index in [1.807, 2.05) is 24.5 Å². The molecule has 0 spiro atoms. The summed E-state index contributed by atoms with van der Waals surface area (Å²) < 4.78 is 44.5. The minimum atomic E-state index is -2.23. The van der Waals surface area contributed by atoms with Crippen LogP contribution in [0.1, 0.15) is 62.6 Å². The molecule has 1 aliphatic rings. The first-order valence-corrected chi connectivity index (χ1v) is 11.0. The number of rotatable bonds is 4. The molecule has 33 heavy (non-hydrogen) atoms. The lowest BCUT2D eigenvalue weighted by Crippen LogP contribution is -2.37. The highest BCUT2D eigenvalue weighted by molar-refractivity contribution is 5.93. The molecule has 0 unspecified atom stereocenters. The zero-order valence-corrected chi connectivity index (χ0v) is 18.2. The van der Waals surface area contributed by atoms with Crippen molar-refractivity contribution in [2.24, 2.45) is 0 Å². The number of nitrogens with one attached hydrogen (secondary N) is 1. The number of aromatic nitrogens is 4. The van der Waals surface area contributed by atoms with Gasteiger partial charge in [0.25, 0.3) is 0 Å². The average Bonchev–Trinajstić information content (AvgIpc) is 3.36. The van der Waals surface area contributed by atoms with Gasteiger partial charge in [0.1, 0.15) is 0 Å². The molecule has 0 radical (unpaired) electrons. The highest BCUT2D eigenvalue weighted by atomic mass is 19.2. The van der Waals surface area contributed by atoms with Crippen molar-refractivity contribution >= 4 is 28.0 Å². The maximum absolute atomic E-state index is 14.8. The molecule has 9 heteroatoms. The Kier molecular flexibility index (Phi) is 4.95. The second-order valence-corrected chi connectivity index (χ2v) is 9.10. The molecule has 6 nitrogen and oxygen atoms in total. The number of aromatic amines is 1. The number of hydrogen-bond donors (Lipinski definition) is 2. The Balaban J connectivity index is 1.77. The first kappa shape index (κ1) is 21.5. The van der Waals surface area contributed by atoms with Crippen molar-refractivity contribution in [2.45, 2.75) is 57.0 Å². The number of halogens is 3. The molecule has 172 valence electrons. The number of nitrogens with zero attached hydrogens (tertiary/aromatic N) is 3. The molecule has 3 heterocycles. The summed E-state index contributed by atoms with van der Waals surface area (Å²) in [5.74, 6) is -3.45. The largest absolute Gasteiger partial charge is 0.479 e. The lowest BCUT2D eigenvalue weighted by Gasteiger charge is -2.31. The lowest BCUT2D eigenvalue weighted by atomic mass is 9.76. The van der Waals surface area contributed by atoms with Crippen molar-refractivity contribution in [3.05, 3.63) is 53.4 Å². The zero-order chi connectivity index (χ0) is 23.5. The van der Waals surface area contributed by atoms with E-state index in [1.165, 1.54) is 6.07 Å². The fraction of sp³-hybridized carbons (Fsp3) is 0.375. The van der Waals surface area contributed by atoms with Crippen LogP contribution in [-0.4, -0.2) is 36.5 Å². The number of aliphatic carboxylic acids is 1. The van der Waals surface area contributed by atoms with Gasteiger partial charge in [0.2, 0.25) is 5.67 Å². The SMILES string of the molecule is CC(C)c1c(C2CCC(F)(C(=O)O)CC2)c2nc3[nH]ncc3cc2n1-c1ccc(F)c(F)c1. The van der Waals surface area contributed by atoms with E-state index in [-0.39, 0.29) is 24.7 Å². The van der Waals surface area contributed by atoms with E-state index < -0.39 is 23.3 Å². The number of carboxylic acids is 1. The number of benzene rings is 1. The Hall–Kier alpha value is -3.36. The zero-order valence-electron chi connectivity index (χ0n) is 18.2. The molecular weight excluding hydrogens is 433 g/mol. The maximum Gasteiger partial charge on any atom is 0.341 e. The van der Waals surface area contributed by atoms with Gasteiger partial charge in [0.15, 0.2) is 17.3 Å². The normalized spacial score (nSPS) is 21.3. The summed E-state index contributed by atoms with van der Waals surface area (Å²) in [7, 11) is 0. The molecule has 3 aromatic heterocycles. The highest BCUT2D eigenvalue weighted by Gasteiger charge is 2.44. The van der Waals surface area contributed by atoms with Crippen LogP contribution < -0.4 is 0 Å². The van der Waals surface area contributed by atoms with Gasteiger partial charge in [-0.25, -0.2) is 22.9 Å². The van der Waals surface area contributed by atoms with Gasteiger partial charge in [0.05, 0.1) is 17.2 Å². The van der Waals surface area contributed by atoms with Gasteiger partial charge >= 0.3 is 5.97 Å². The Morgan fingerprint density at radius 3 is 2.58 bits per heavy atom. The number of hydrogen-bond acceptors (Lipinski definition) is 3. The third-order valence-electron chi connectivity index (χ3n) is 6.70. The number of pyridine rings is 1. The summed E-state index contributed by atoms with van der Waals surface area (Å²) in [5, 5.41) is 17.0. The molecule has 0 atom stereocenters. The minimum Gasteiger partial charge on any atom is -0.479 e. The molecule has 0 amide bonds. The molecule has 1 saturated carbocycles. The summed E-state index contributed by atoms with van der Waals surface area (Å²) in [6.45, 7) is 4.00. The summed E-state index contributed by atoms with van der Waals surface area (Å²) >= 11 is 0. The first-order valence-electron chi connectivity index (χ1n) is 11.0. The van der Waals surface area contributed by atoms with Crippen LogP contribution in [0.2, 0.25) is 0 Å². The van der Waals surface area contributed by atoms with Crippen molar-refractivity contribution in [1.82, 2.24) is 19.7 Å². The molecule has 0 saturated heterocycles.